The molecule has 2 N–H and O–H groups in total. The first-order chi connectivity index (χ1) is 17.8. The molecule has 0 heterocycles. The number of rotatable bonds is 11. The van der Waals surface area contributed by atoms with Crippen molar-refractivity contribution in [3.63, 3.8) is 0 Å². The highest BCUT2D eigenvalue weighted by molar-refractivity contribution is 5.97. The molecular weight excluding hydrogens is 482 g/mol. The van der Waals surface area contributed by atoms with Crippen molar-refractivity contribution in [3.05, 3.63) is 95.6 Å². The van der Waals surface area contributed by atoms with Crippen molar-refractivity contribution < 1.29 is 43.2 Å². The zero-order valence-electron chi connectivity index (χ0n) is 20.1. The van der Waals surface area contributed by atoms with Crippen LogP contribution in [-0.2, 0) is 25.6 Å². The molecule has 0 saturated heterocycles. The largest absolute Gasteiger partial charge is 0.497 e. The third kappa shape index (κ3) is 7.31. The zero-order chi connectivity index (χ0) is 26.8. The van der Waals surface area contributed by atoms with Gasteiger partial charge >= 0.3 is 17.9 Å². The van der Waals surface area contributed by atoms with Crippen LogP contribution in [0.1, 0.15) is 26.3 Å². The van der Waals surface area contributed by atoms with Crippen molar-refractivity contribution in [1.29, 1.82) is 0 Å². The molecule has 0 aliphatic carbocycles. The minimum Gasteiger partial charge on any atom is -0.497 e. The van der Waals surface area contributed by atoms with Crippen LogP contribution in [0.15, 0.2) is 78.9 Å². The van der Waals surface area contributed by atoms with E-state index in [2.05, 4.69) is 5.32 Å². The fourth-order valence-electron chi connectivity index (χ4n) is 3.25. The first kappa shape index (κ1) is 26.7. The molecule has 0 unspecified atom stereocenters. The molecular formula is C27H25NO9. The maximum atomic E-state index is 13.1. The third-order valence-corrected chi connectivity index (χ3v) is 5.17. The summed E-state index contributed by atoms with van der Waals surface area (Å²) < 4.78 is 20.6. The number of nitrogens with one attached hydrogen (secondary N) is 1. The Bertz CT molecular complexity index is 1260. The molecule has 0 spiro atoms. The number of ether oxygens (including phenoxy) is 4. The lowest BCUT2D eigenvalue weighted by molar-refractivity contribution is -0.159. The molecule has 0 fully saturated rings. The minimum atomic E-state index is -2.15. The quantitative estimate of drug-likeness (QED) is 0.375. The number of carbonyl (C=O) groups excluding carboxylic acids is 3. The van der Waals surface area contributed by atoms with Gasteiger partial charge in [0.25, 0.3) is 5.91 Å². The molecule has 3 aromatic rings. The monoisotopic (exact) mass is 507 g/mol. The average molecular weight is 507 g/mol. The van der Waals surface area contributed by atoms with Gasteiger partial charge in [0, 0.05) is 6.54 Å². The number of aliphatic carboxylic acids is 1. The standard InChI is InChI=1S/C27H25NO9/c1-34-20-12-6-10-18(14-20)26(32)36-22(24(29)28-16-17-8-4-3-5-9-17)23(25(30)31)37-27(33)19-11-7-13-21(15-19)35-2/h3-15,22-23H,16H2,1-2H3,(H,28,29)(H,30,31)/t22-,23+/m1/s1. The molecule has 2 atom stereocenters. The van der Waals surface area contributed by atoms with Crippen LogP contribution in [0.4, 0.5) is 0 Å². The predicted molar refractivity (Wildman–Crippen MR) is 130 cm³/mol. The van der Waals surface area contributed by atoms with Crippen LogP contribution in [0.2, 0.25) is 0 Å². The van der Waals surface area contributed by atoms with E-state index in [9.17, 15) is 24.3 Å². The van der Waals surface area contributed by atoms with Crippen molar-refractivity contribution >= 4 is 23.8 Å². The Balaban J connectivity index is 1.87. The van der Waals surface area contributed by atoms with Crippen molar-refractivity contribution in [2.24, 2.45) is 0 Å². The maximum absolute atomic E-state index is 13.1. The number of carboxylic acids is 1. The summed E-state index contributed by atoms with van der Waals surface area (Å²) in [7, 11) is 2.80. The number of amides is 1. The Kier molecular flexibility index (Phi) is 9.20. The lowest BCUT2D eigenvalue weighted by Crippen LogP contribution is -2.50. The smallest absolute Gasteiger partial charge is 0.349 e. The van der Waals surface area contributed by atoms with Crippen LogP contribution >= 0.6 is 0 Å². The van der Waals surface area contributed by atoms with E-state index < -0.39 is 36.0 Å². The average Bonchev–Trinajstić information content (AvgIpc) is 2.93. The van der Waals surface area contributed by atoms with Crippen molar-refractivity contribution in [2.45, 2.75) is 18.8 Å². The Morgan fingerprint density at radius 2 is 1.24 bits per heavy atom. The van der Waals surface area contributed by atoms with Crippen LogP contribution < -0.4 is 14.8 Å². The van der Waals surface area contributed by atoms with Gasteiger partial charge in [-0.2, -0.15) is 0 Å². The number of methoxy groups -OCH3 is 2. The summed E-state index contributed by atoms with van der Waals surface area (Å²) in [5.74, 6) is -4.03. The van der Waals surface area contributed by atoms with E-state index in [1.165, 1.54) is 50.6 Å². The molecule has 0 saturated carbocycles. The van der Waals surface area contributed by atoms with E-state index in [0.717, 1.165) is 0 Å². The van der Waals surface area contributed by atoms with Gasteiger partial charge < -0.3 is 29.4 Å². The second-order valence-electron chi connectivity index (χ2n) is 7.66. The highest BCUT2D eigenvalue weighted by Gasteiger charge is 2.41. The lowest BCUT2D eigenvalue weighted by atomic mass is 10.1. The topological polar surface area (TPSA) is 137 Å². The summed E-state index contributed by atoms with van der Waals surface area (Å²) in [5, 5.41) is 12.4. The van der Waals surface area contributed by atoms with E-state index in [4.69, 9.17) is 18.9 Å². The Morgan fingerprint density at radius 3 is 1.73 bits per heavy atom. The first-order valence-electron chi connectivity index (χ1n) is 11.1. The van der Waals surface area contributed by atoms with Crippen LogP contribution in [0.25, 0.3) is 0 Å². The van der Waals surface area contributed by atoms with Gasteiger partial charge in [0.15, 0.2) is 0 Å². The van der Waals surface area contributed by atoms with Gasteiger partial charge in [-0.3, -0.25) is 4.79 Å². The SMILES string of the molecule is COc1cccc(C(=O)O[C@H](C(=O)O)[C@@H](OC(=O)c2cccc(OC)c2)C(=O)NCc2ccccc2)c1. The number of carboxylic acid groups (broad SMARTS) is 1. The molecule has 10 heteroatoms. The summed E-state index contributed by atoms with van der Waals surface area (Å²) in [4.78, 5) is 50.8. The molecule has 1 amide bonds. The van der Waals surface area contributed by atoms with Crippen molar-refractivity contribution in [1.82, 2.24) is 5.32 Å². The van der Waals surface area contributed by atoms with Crippen molar-refractivity contribution in [3.8, 4) is 11.5 Å². The highest BCUT2D eigenvalue weighted by atomic mass is 16.6. The van der Waals surface area contributed by atoms with Gasteiger partial charge in [-0.1, -0.05) is 42.5 Å². The second kappa shape index (κ2) is 12.7. The van der Waals surface area contributed by atoms with Gasteiger partial charge in [0.2, 0.25) is 12.2 Å². The number of hydrogen-bond donors (Lipinski definition) is 2. The van der Waals surface area contributed by atoms with E-state index in [-0.39, 0.29) is 17.7 Å². The molecule has 0 aliphatic rings. The van der Waals surface area contributed by atoms with E-state index in [1.54, 1.807) is 42.5 Å². The molecule has 192 valence electrons. The Labute approximate surface area is 212 Å². The molecule has 0 bridgehead atoms. The van der Waals surface area contributed by atoms with Gasteiger partial charge in [0.05, 0.1) is 25.3 Å². The Morgan fingerprint density at radius 1 is 0.730 bits per heavy atom. The Hall–Kier alpha value is -4.86. The summed E-state index contributed by atoms with van der Waals surface area (Å²) >= 11 is 0. The molecule has 3 rings (SSSR count). The van der Waals surface area contributed by atoms with Gasteiger partial charge in [-0.25, -0.2) is 14.4 Å². The number of carbonyl (C=O) groups is 4. The van der Waals surface area contributed by atoms with Gasteiger partial charge in [-0.05, 0) is 42.0 Å². The normalized spacial score (nSPS) is 11.9. The highest BCUT2D eigenvalue weighted by Crippen LogP contribution is 2.18. The van der Waals surface area contributed by atoms with Gasteiger partial charge in [0.1, 0.15) is 11.5 Å². The number of hydrogen-bond acceptors (Lipinski definition) is 8. The van der Waals surface area contributed by atoms with Crippen LogP contribution in [0.5, 0.6) is 11.5 Å². The first-order valence-corrected chi connectivity index (χ1v) is 11.1. The maximum Gasteiger partial charge on any atom is 0.349 e. The summed E-state index contributed by atoms with van der Waals surface area (Å²) in [6.07, 6.45) is -4.15. The molecule has 0 aromatic heterocycles. The summed E-state index contributed by atoms with van der Waals surface area (Å²) in [5.41, 5.74) is 0.700. The van der Waals surface area contributed by atoms with E-state index in [0.29, 0.717) is 17.1 Å². The van der Waals surface area contributed by atoms with Crippen molar-refractivity contribution in [2.75, 3.05) is 14.2 Å². The lowest BCUT2D eigenvalue weighted by Gasteiger charge is -2.23. The van der Waals surface area contributed by atoms with Gasteiger partial charge in [-0.15, -0.1) is 0 Å². The fraction of sp³-hybridized carbons (Fsp3) is 0.185. The zero-order valence-corrected chi connectivity index (χ0v) is 20.1. The van der Waals surface area contributed by atoms with Crippen LogP contribution in [0.3, 0.4) is 0 Å². The summed E-state index contributed by atoms with van der Waals surface area (Å²) in [6.45, 7) is 0.0169. The predicted octanol–water partition coefficient (Wildman–Crippen LogP) is 2.86. The second-order valence-corrected chi connectivity index (χ2v) is 7.66. The third-order valence-electron chi connectivity index (χ3n) is 5.17. The molecule has 3 aromatic carbocycles. The molecule has 0 radical (unpaired) electrons. The molecule has 0 aliphatic heterocycles. The van der Waals surface area contributed by atoms with E-state index in [1.807, 2.05) is 0 Å². The molecule has 37 heavy (non-hydrogen) atoms. The van der Waals surface area contributed by atoms with Crippen LogP contribution in [0, 0.1) is 0 Å². The number of esters is 2. The molecule has 10 nitrogen and oxygen atoms in total. The summed E-state index contributed by atoms with van der Waals surface area (Å²) in [6, 6.07) is 20.5. The van der Waals surface area contributed by atoms with E-state index >= 15 is 0 Å². The minimum absolute atomic E-state index is 0.00321. The van der Waals surface area contributed by atoms with Crippen LogP contribution in [-0.4, -0.2) is 55.3 Å². The number of benzene rings is 3. The fourth-order valence-corrected chi connectivity index (χ4v) is 3.25.